The van der Waals surface area contributed by atoms with Crippen LogP contribution in [0.25, 0.3) is 0 Å². The Hall–Kier alpha value is -2.11. The molecule has 0 aliphatic heterocycles. The van der Waals surface area contributed by atoms with E-state index in [0.717, 1.165) is 11.1 Å². The molecule has 0 saturated carbocycles. The number of anilines is 2. The summed E-state index contributed by atoms with van der Waals surface area (Å²) >= 11 is 0. The number of rotatable bonds is 4. The summed E-state index contributed by atoms with van der Waals surface area (Å²) in [5.74, 6) is 5.60. The first-order valence-corrected chi connectivity index (χ1v) is 5.71. The van der Waals surface area contributed by atoms with E-state index in [4.69, 9.17) is 17.3 Å². The third kappa shape index (κ3) is 2.58. The fraction of sp³-hybridized carbons (Fsp3) is 0.154. The van der Waals surface area contributed by atoms with Crippen molar-refractivity contribution in [1.29, 1.82) is 0 Å². The second-order valence-corrected chi connectivity index (χ2v) is 4.13. The van der Waals surface area contributed by atoms with Gasteiger partial charge in [0.1, 0.15) is 0 Å². The lowest BCUT2D eigenvalue weighted by Crippen LogP contribution is -2.30. The number of nitrogens with two attached hydrogens (primary N) is 3. The Morgan fingerprint density at radius 3 is 2.56 bits per heavy atom. The second-order valence-electron chi connectivity index (χ2n) is 4.13. The minimum Gasteiger partial charge on any atom is -0.398 e. The molecule has 1 aromatic heterocycles. The third-order valence-electron chi connectivity index (χ3n) is 2.94. The molecule has 1 atom stereocenters. The van der Waals surface area contributed by atoms with Gasteiger partial charge < -0.3 is 11.5 Å². The number of nitrogens with zero attached hydrogens (tertiary/aromatic N) is 1. The lowest BCUT2D eigenvalue weighted by atomic mass is 9.98. The van der Waals surface area contributed by atoms with Gasteiger partial charge >= 0.3 is 0 Å². The summed E-state index contributed by atoms with van der Waals surface area (Å²) in [5, 5.41) is 0. The van der Waals surface area contributed by atoms with Crippen molar-refractivity contribution in [3.05, 3.63) is 53.9 Å². The van der Waals surface area contributed by atoms with Gasteiger partial charge in [-0.25, -0.2) is 0 Å². The highest BCUT2D eigenvalue weighted by atomic mass is 15.2. The van der Waals surface area contributed by atoms with Crippen LogP contribution in [0.3, 0.4) is 0 Å². The first kappa shape index (κ1) is 12.3. The molecule has 5 heteroatoms. The van der Waals surface area contributed by atoms with Gasteiger partial charge in [-0.15, -0.1) is 0 Å². The molecule has 2 rings (SSSR count). The molecule has 5 nitrogen and oxygen atoms in total. The van der Waals surface area contributed by atoms with Crippen molar-refractivity contribution in [3.63, 3.8) is 0 Å². The maximum Gasteiger partial charge on any atom is 0.0521 e. The van der Waals surface area contributed by atoms with Gasteiger partial charge in [-0.1, -0.05) is 18.2 Å². The van der Waals surface area contributed by atoms with Crippen LogP contribution in [-0.4, -0.2) is 4.98 Å². The Kier molecular flexibility index (Phi) is 3.76. The molecular weight excluding hydrogens is 226 g/mol. The first-order chi connectivity index (χ1) is 8.72. The Balaban J connectivity index is 2.26. The van der Waals surface area contributed by atoms with Crippen LogP contribution in [0.4, 0.5) is 11.4 Å². The van der Waals surface area contributed by atoms with Crippen LogP contribution in [-0.2, 0) is 6.42 Å². The van der Waals surface area contributed by atoms with E-state index in [2.05, 4.69) is 10.4 Å². The number of para-hydroxylation sites is 1. The van der Waals surface area contributed by atoms with Gasteiger partial charge in [-0.3, -0.25) is 16.3 Å². The van der Waals surface area contributed by atoms with Crippen LogP contribution in [0.1, 0.15) is 17.2 Å². The number of benzene rings is 1. The summed E-state index contributed by atoms with van der Waals surface area (Å²) in [7, 11) is 0. The largest absolute Gasteiger partial charge is 0.398 e. The number of pyridine rings is 1. The summed E-state index contributed by atoms with van der Waals surface area (Å²) in [6, 6.07) is 9.32. The van der Waals surface area contributed by atoms with E-state index in [-0.39, 0.29) is 6.04 Å². The second kappa shape index (κ2) is 5.48. The minimum atomic E-state index is -0.0855. The van der Waals surface area contributed by atoms with E-state index in [0.29, 0.717) is 17.8 Å². The molecule has 0 amide bonds. The zero-order valence-electron chi connectivity index (χ0n) is 10.0. The Bertz CT molecular complexity index is 526. The van der Waals surface area contributed by atoms with E-state index in [1.54, 1.807) is 18.5 Å². The van der Waals surface area contributed by atoms with E-state index < -0.39 is 0 Å². The minimum absolute atomic E-state index is 0.0855. The molecule has 1 aromatic carbocycles. The van der Waals surface area contributed by atoms with E-state index >= 15 is 0 Å². The maximum atomic E-state index is 5.95. The van der Waals surface area contributed by atoms with Crippen molar-refractivity contribution in [1.82, 2.24) is 10.4 Å². The van der Waals surface area contributed by atoms with E-state index in [1.165, 1.54) is 0 Å². The molecule has 2 aromatic rings. The number of nitrogen functional groups attached to an aromatic ring is 2. The van der Waals surface area contributed by atoms with Crippen molar-refractivity contribution >= 4 is 11.4 Å². The van der Waals surface area contributed by atoms with Gasteiger partial charge in [-0.2, -0.15) is 0 Å². The molecule has 1 unspecified atom stereocenters. The predicted molar refractivity (Wildman–Crippen MR) is 73.3 cm³/mol. The van der Waals surface area contributed by atoms with Crippen LogP contribution in [0.5, 0.6) is 0 Å². The average Bonchev–Trinajstić information content (AvgIpc) is 2.39. The lowest BCUT2D eigenvalue weighted by Gasteiger charge is -2.18. The van der Waals surface area contributed by atoms with Crippen LogP contribution < -0.4 is 22.7 Å². The van der Waals surface area contributed by atoms with Gasteiger partial charge in [0.15, 0.2) is 0 Å². The molecule has 0 aliphatic rings. The van der Waals surface area contributed by atoms with Crippen LogP contribution in [0.2, 0.25) is 0 Å². The Morgan fingerprint density at radius 2 is 1.89 bits per heavy atom. The van der Waals surface area contributed by atoms with Gasteiger partial charge in [0, 0.05) is 23.8 Å². The number of aromatic nitrogens is 1. The average molecular weight is 243 g/mol. The molecule has 0 aliphatic carbocycles. The molecule has 94 valence electrons. The van der Waals surface area contributed by atoms with E-state index in [1.807, 2.05) is 24.3 Å². The molecule has 18 heavy (non-hydrogen) atoms. The molecular formula is C13H17N5. The summed E-state index contributed by atoms with van der Waals surface area (Å²) in [4.78, 5) is 4.07. The highest BCUT2D eigenvalue weighted by molar-refractivity contribution is 5.50. The van der Waals surface area contributed by atoms with Crippen LogP contribution in [0, 0.1) is 0 Å². The van der Waals surface area contributed by atoms with Crippen molar-refractivity contribution in [2.75, 3.05) is 11.5 Å². The number of hydrogen-bond acceptors (Lipinski definition) is 5. The van der Waals surface area contributed by atoms with Crippen LogP contribution in [0.15, 0.2) is 42.7 Å². The summed E-state index contributed by atoms with van der Waals surface area (Å²) in [5.41, 5.74) is 17.9. The molecule has 1 heterocycles. The fourth-order valence-electron chi connectivity index (χ4n) is 1.92. The standard InChI is InChI=1S/C13H17N5/c14-11-5-6-17-8-9(11)7-13(18-16)10-3-1-2-4-12(10)15/h1-6,8,13,18H,7,15-16H2,(H2,14,17). The van der Waals surface area contributed by atoms with Crippen molar-refractivity contribution in [3.8, 4) is 0 Å². The Labute approximate surface area is 106 Å². The zero-order valence-corrected chi connectivity index (χ0v) is 10.0. The zero-order chi connectivity index (χ0) is 13.0. The maximum absolute atomic E-state index is 5.95. The van der Waals surface area contributed by atoms with Crippen LogP contribution >= 0.6 is 0 Å². The molecule has 0 saturated heterocycles. The number of hydrogen-bond donors (Lipinski definition) is 4. The first-order valence-electron chi connectivity index (χ1n) is 5.71. The molecule has 0 bridgehead atoms. The topological polar surface area (TPSA) is 103 Å². The molecule has 0 spiro atoms. The number of nitrogens with one attached hydrogen (secondary N) is 1. The fourth-order valence-corrected chi connectivity index (χ4v) is 1.92. The van der Waals surface area contributed by atoms with E-state index in [9.17, 15) is 0 Å². The van der Waals surface area contributed by atoms with Crippen molar-refractivity contribution < 1.29 is 0 Å². The van der Waals surface area contributed by atoms with Gasteiger partial charge in [-0.05, 0) is 29.7 Å². The van der Waals surface area contributed by atoms with Gasteiger partial charge in [0.25, 0.3) is 0 Å². The summed E-state index contributed by atoms with van der Waals surface area (Å²) < 4.78 is 0. The normalized spacial score (nSPS) is 12.3. The molecule has 0 radical (unpaired) electrons. The summed E-state index contributed by atoms with van der Waals surface area (Å²) in [6.07, 6.45) is 4.06. The SMILES string of the molecule is NNC(Cc1cnccc1N)c1ccccc1N. The quantitative estimate of drug-likeness (QED) is 0.364. The molecule has 0 fully saturated rings. The predicted octanol–water partition coefficient (Wildman–Crippen LogP) is 0.993. The monoisotopic (exact) mass is 243 g/mol. The molecule has 7 N–H and O–H groups in total. The Morgan fingerprint density at radius 1 is 1.11 bits per heavy atom. The number of hydrazine groups is 1. The third-order valence-corrected chi connectivity index (χ3v) is 2.94. The lowest BCUT2D eigenvalue weighted by molar-refractivity contribution is 0.553. The van der Waals surface area contributed by atoms with Gasteiger partial charge in [0.05, 0.1) is 6.04 Å². The van der Waals surface area contributed by atoms with Crippen molar-refractivity contribution in [2.24, 2.45) is 5.84 Å². The highest BCUT2D eigenvalue weighted by Crippen LogP contribution is 2.24. The van der Waals surface area contributed by atoms with Gasteiger partial charge in [0.2, 0.25) is 0 Å². The smallest absolute Gasteiger partial charge is 0.0521 e. The summed E-state index contributed by atoms with van der Waals surface area (Å²) in [6.45, 7) is 0. The highest BCUT2D eigenvalue weighted by Gasteiger charge is 2.14. The van der Waals surface area contributed by atoms with Crippen molar-refractivity contribution in [2.45, 2.75) is 12.5 Å².